The van der Waals surface area contributed by atoms with Crippen LogP contribution in [0.1, 0.15) is 50.6 Å². The summed E-state index contributed by atoms with van der Waals surface area (Å²) in [6, 6.07) is 8.90. The maximum absolute atomic E-state index is 5.97. The van der Waals surface area contributed by atoms with E-state index in [9.17, 15) is 0 Å². The lowest BCUT2D eigenvalue weighted by Gasteiger charge is -2.26. The van der Waals surface area contributed by atoms with Crippen LogP contribution in [-0.2, 0) is 0 Å². The summed E-state index contributed by atoms with van der Waals surface area (Å²) in [5.74, 6) is 0.972. The number of rotatable bonds is 15. The molecule has 6 nitrogen and oxygen atoms in total. The van der Waals surface area contributed by atoms with Gasteiger partial charge in [-0.1, -0.05) is 25.5 Å². The monoisotopic (exact) mass is 405 g/mol. The van der Waals surface area contributed by atoms with Crippen molar-refractivity contribution in [2.75, 3.05) is 66.5 Å². The van der Waals surface area contributed by atoms with E-state index in [4.69, 9.17) is 4.74 Å². The van der Waals surface area contributed by atoms with Gasteiger partial charge in [-0.05, 0) is 70.6 Å². The molecular formula is C23H43N5O. The second-order valence-electron chi connectivity index (χ2n) is 7.95. The van der Waals surface area contributed by atoms with Crippen LogP contribution < -0.4 is 20.8 Å². The number of likely N-dealkylation sites (N-methyl/N-ethyl adjacent to an activating group) is 1. The quantitative estimate of drug-likeness (QED) is 0.308. The van der Waals surface area contributed by atoms with Gasteiger partial charge in [0.05, 0.1) is 6.61 Å². The third-order valence-corrected chi connectivity index (χ3v) is 5.61. The molecule has 2 rings (SSSR count). The molecular weight excluding hydrogens is 362 g/mol. The Hall–Kier alpha value is -1.18. The summed E-state index contributed by atoms with van der Waals surface area (Å²) in [6.07, 6.45) is 6.37. The van der Waals surface area contributed by atoms with Crippen LogP contribution in [0.4, 0.5) is 0 Å². The normalized spacial score (nSPS) is 16.3. The molecule has 29 heavy (non-hydrogen) atoms. The van der Waals surface area contributed by atoms with Gasteiger partial charge in [-0.25, -0.2) is 5.01 Å². The van der Waals surface area contributed by atoms with Gasteiger partial charge >= 0.3 is 0 Å². The molecule has 0 aliphatic carbocycles. The van der Waals surface area contributed by atoms with E-state index in [0.717, 1.165) is 57.9 Å². The van der Waals surface area contributed by atoms with Crippen molar-refractivity contribution in [1.82, 2.24) is 26.0 Å². The van der Waals surface area contributed by atoms with E-state index in [0.29, 0.717) is 6.04 Å². The Labute approximate surface area is 178 Å². The maximum atomic E-state index is 5.97. The Morgan fingerprint density at radius 2 is 1.83 bits per heavy atom. The highest BCUT2D eigenvalue weighted by molar-refractivity contribution is 5.29. The Bertz CT molecular complexity index is 519. The van der Waals surface area contributed by atoms with Gasteiger partial charge in [0.2, 0.25) is 0 Å². The number of piperidine rings is 1. The number of hydrogen-bond acceptors (Lipinski definition) is 6. The Morgan fingerprint density at radius 3 is 2.48 bits per heavy atom. The number of nitrogens with zero attached hydrogens (tertiary/aromatic N) is 2. The summed E-state index contributed by atoms with van der Waals surface area (Å²) in [6.45, 7) is 10.6. The molecule has 1 aliphatic rings. The summed E-state index contributed by atoms with van der Waals surface area (Å²) in [7, 11) is 4.00. The van der Waals surface area contributed by atoms with Crippen LogP contribution in [0.5, 0.6) is 5.75 Å². The Kier molecular flexibility index (Phi) is 12.3. The molecule has 1 saturated heterocycles. The number of hydrogen-bond donors (Lipinski definition) is 3. The van der Waals surface area contributed by atoms with E-state index in [2.05, 4.69) is 57.2 Å². The molecule has 1 fully saturated rings. The first kappa shape index (κ1) is 24.1. The third-order valence-electron chi connectivity index (χ3n) is 5.61. The minimum atomic E-state index is 0.300. The van der Waals surface area contributed by atoms with E-state index in [1.807, 2.05) is 14.1 Å². The molecule has 1 heterocycles. The lowest BCUT2D eigenvalue weighted by molar-refractivity contribution is 0.204. The molecule has 0 amide bonds. The van der Waals surface area contributed by atoms with Gasteiger partial charge in [0, 0.05) is 38.8 Å². The van der Waals surface area contributed by atoms with Crippen molar-refractivity contribution in [3.63, 3.8) is 0 Å². The smallest absolute Gasteiger partial charge is 0.119 e. The molecule has 1 aliphatic heterocycles. The molecule has 1 atom stereocenters. The van der Waals surface area contributed by atoms with Crippen molar-refractivity contribution < 1.29 is 4.74 Å². The highest BCUT2D eigenvalue weighted by atomic mass is 16.5. The second kappa shape index (κ2) is 14.7. The van der Waals surface area contributed by atoms with Crippen molar-refractivity contribution in [2.45, 2.75) is 45.1 Å². The molecule has 0 saturated carbocycles. The van der Waals surface area contributed by atoms with Gasteiger partial charge in [0.1, 0.15) is 5.75 Å². The first-order valence-electron chi connectivity index (χ1n) is 11.5. The molecule has 6 heteroatoms. The summed E-state index contributed by atoms with van der Waals surface area (Å²) in [5, 5.41) is 9.24. The number of benzene rings is 1. The van der Waals surface area contributed by atoms with Crippen LogP contribution in [0.25, 0.3) is 0 Å². The zero-order valence-electron chi connectivity index (χ0n) is 18.9. The highest BCUT2D eigenvalue weighted by Gasteiger charge is 2.12. The Morgan fingerprint density at radius 1 is 1.07 bits per heavy atom. The van der Waals surface area contributed by atoms with E-state index in [1.54, 1.807) is 0 Å². The van der Waals surface area contributed by atoms with Gasteiger partial charge < -0.3 is 20.3 Å². The highest BCUT2D eigenvalue weighted by Crippen LogP contribution is 2.18. The molecule has 0 radical (unpaired) electrons. The molecule has 1 aromatic carbocycles. The average molecular weight is 406 g/mol. The number of likely N-dealkylation sites (tertiary alicyclic amines) is 1. The van der Waals surface area contributed by atoms with Gasteiger partial charge in [0.15, 0.2) is 0 Å². The lowest BCUT2D eigenvalue weighted by Crippen LogP contribution is -2.42. The summed E-state index contributed by atoms with van der Waals surface area (Å²) >= 11 is 0. The van der Waals surface area contributed by atoms with Crippen molar-refractivity contribution in [2.24, 2.45) is 0 Å². The standard InChI is InChI=1S/C23H43N5O/c1-4-14-28(25-3)18-13-26-23(20-24-2)21-9-11-22(12-10-21)29-19-8-17-27-15-6-5-7-16-27/h9-12,23-26H,4-8,13-20H2,1-3H3. The molecule has 1 unspecified atom stereocenters. The van der Waals surface area contributed by atoms with Crippen LogP contribution in [0.15, 0.2) is 24.3 Å². The van der Waals surface area contributed by atoms with Gasteiger partial charge in [0.25, 0.3) is 0 Å². The topological polar surface area (TPSA) is 51.8 Å². The Balaban J connectivity index is 1.72. The first-order valence-corrected chi connectivity index (χ1v) is 11.5. The van der Waals surface area contributed by atoms with Crippen molar-refractivity contribution in [1.29, 1.82) is 0 Å². The minimum absolute atomic E-state index is 0.300. The van der Waals surface area contributed by atoms with Crippen LogP contribution >= 0.6 is 0 Å². The molecule has 1 aromatic rings. The van der Waals surface area contributed by atoms with Crippen LogP contribution in [-0.4, -0.2) is 76.4 Å². The predicted octanol–water partition coefficient (Wildman–Crippen LogP) is 2.64. The average Bonchev–Trinajstić information content (AvgIpc) is 2.76. The molecule has 0 bridgehead atoms. The van der Waals surface area contributed by atoms with Crippen molar-refractivity contribution in [3.05, 3.63) is 29.8 Å². The van der Waals surface area contributed by atoms with E-state index in [-0.39, 0.29) is 0 Å². The van der Waals surface area contributed by atoms with Crippen molar-refractivity contribution in [3.8, 4) is 5.75 Å². The predicted molar refractivity (Wildman–Crippen MR) is 122 cm³/mol. The third kappa shape index (κ3) is 9.45. The fraction of sp³-hybridized carbons (Fsp3) is 0.739. The van der Waals surface area contributed by atoms with E-state index in [1.165, 1.54) is 37.9 Å². The molecule has 166 valence electrons. The number of ether oxygens (including phenoxy) is 1. The minimum Gasteiger partial charge on any atom is -0.494 e. The van der Waals surface area contributed by atoms with E-state index >= 15 is 0 Å². The largest absolute Gasteiger partial charge is 0.494 e. The first-order chi connectivity index (χ1) is 14.3. The van der Waals surface area contributed by atoms with Crippen LogP contribution in [0.3, 0.4) is 0 Å². The maximum Gasteiger partial charge on any atom is 0.119 e. The fourth-order valence-corrected chi connectivity index (χ4v) is 3.95. The number of hydrazine groups is 1. The zero-order valence-corrected chi connectivity index (χ0v) is 18.9. The van der Waals surface area contributed by atoms with Crippen molar-refractivity contribution >= 4 is 0 Å². The van der Waals surface area contributed by atoms with Crippen LogP contribution in [0.2, 0.25) is 0 Å². The fourth-order valence-electron chi connectivity index (χ4n) is 3.95. The summed E-state index contributed by atoms with van der Waals surface area (Å²) in [5.41, 5.74) is 4.56. The molecule has 0 aromatic heterocycles. The molecule has 0 spiro atoms. The lowest BCUT2D eigenvalue weighted by atomic mass is 10.1. The SMILES string of the molecule is CCCN(CCNC(CNC)c1ccc(OCCCN2CCCCC2)cc1)NC. The zero-order chi connectivity index (χ0) is 20.7. The summed E-state index contributed by atoms with van der Waals surface area (Å²) < 4.78 is 5.97. The summed E-state index contributed by atoms with van der Waals surface area (Å²) in [4.78, 5) is 2.57. The van der Waals surface area contributed by atoms with E-state index < -0.39 is 0 Å². The van der Waals surface area contributed by atoms with Gasteiger partial charge in [-0.2, -0.15) is 0 Å². The van der Waals surface area contributed by atoms with Gasteiger partial charge in [-0.3, -0.25) is 5.43 Å². The second-order valence-corrected chi connectivity index (χ2v) is 7.95. The van der Waals surface area contributed by atoms with Gasteiger partial charge in [-0.15, -0.1) is 0 Å². The number of nitrogens with one attached hydrogen (secondary N) is 3. The van der Waals surface area contributed by atoms with Crippen LogP contribution in [0, 0.1) is 0 Å². The molecule has 3 N–H and O–H groups in total.